The fourth-order valence-corrected chi connectivity index (χ4v) is 4.96. The van der Waals surface area contributed by atoms with Gasteiger partial charge in [-0.3, -0.25) is 4.90 Å². The lowest BCUT2D eigenvalue weighted by Gasteiger charge is -2.25. The average Bonchev–Trinajstić information content (AvgIpc) is 2.91. The molecule has 0 unspecified atom stereocenters. The van der Waals surface area contributed by atoms with Crippen LogP contribution in [0.5, 0.6) is 5.75 Å². The summed E-state index contributed by atoms with van der Waals surface area (Å²) in [6, 6.07) is 7.38. The van der Waals surface area contributed by atoms with Crippen molar-refractivity contribution in [3.05, 3.63) is 24.3 Å². The third-order valence-electron chi connectivity index (χ3n) is 4.96. The minimum Gasteiger partial charge on any atom is -0.497 e. The molecule has 1 atom stereocenters. The van der Waals surface area contributed by atoms with Crippen molar-refractivity contribution < 1.29 is 13.2 Å². The van der Waals surface area contributed by atoms with Gasteiger partial charge in [-0.2, -0.15) is 0 Å². The second kappa shape index (κ2) is 7.20. The molecule has 2 saturated heterocycles. The maximum absolute atomic E-state index is 12.6. The number of nitrogens with zero attached hydrogens (tertiary/aromatic N) is 2. The second-order valence-electron chi connectivity index (χ2n) is 6.48. The van der Waals surface area contributed by atoms with Crippen LogP contribution in [0.2, 0.25) is 0 Å². The summed E-state index contributed by atoms with van der Waals surface area (Å²) >= 11 is 0. The lowest BCUT2D eigenvalue weighted by Crippen LogP contribution is -2.38. The summed E-state index contributed by atoms with van der Waals surface area (Å²) in [4.78, 5) is 5.25. The van der Waals surface area contributed by atoms with Crippen molar-refractivity contribution in [2.75, 3.05) is 45.6 Å². The summed E-state index contributed by atoms with van der Waals surface area (Å²) in [7, 11) is -1.71. The molecular weight excluding hydrogens is 312 g/mol. The van der Waals surface area contributed by atoms with Crippen molar-refractivity contribution in [3.8, 4) is 5.75 Å². The Morgan fingerprint density at radius 3 is 2.87 bits per heavy atom. The molecule has 1 aromatic carbocycles. The van der Waals surface area contributed by atoms with E-state index in [0.29, 0.717) is 23.2 Å². The molecule has 0 amide bonds. The Labute approximate surface area is 139 Å². The predicted octanol–water partition coefficient (Wildman–Crippen LogP) is 1.64. The Morgan fingerprint density at radius 2 is 2.04 bits per heavy atom. The lowest BCUT2D eigenvalue weighted by atomic mass is 10.2. The summed E-state index contributed by atoms with van der Waals surface area (Å²) in [6.07, 6.45) is 3.66. The predicted molar refractivity (Wildman–Crippen MR) is 90.7 cm³/mol. The van der Waals surface area contributed by atoms with Crippen LogP contribution in [0, 0.1) is 0 Å². The zero-order valence-electron chi connectivity index (χ0n) is 13.8. The average molecular weight is 338 g/mol. The zero-order valence-corrected chi connectivity index (χ0v) is 14.6. The van der Waals surface area contributed by atoms with E-state index in [0.717, 1.165) is 26.1 Å². The molecule has 0 radical (unpaired) electrons. The van der Waals surface area contributed by atoms with Crippen LogP contribution in [0.25, 0.3) is 0 Å². The largest absolute Gasteiger partial charge is 0.497 e. The Bertz CT molecular complexity index is 632. The number of hydrogen-bond acceptors (Lipinski definition) is 5. The molecule has 23 heavy (non-hydrogen) atoms. The summed E-state index contributed by atoms with van der Waals surface area (Å²) in [5.41, 5.74) is 0. The summed E-state index contributed by atoms with van der Waals surface area (Å²) in [5.74, 6) is 0.759. The molecule has 0 N–H and O–H groups in total. The molecule has 0 aliphatic carbocycles. The van der Waals surface area contributed by atoms with Crippen LogP contribution in [0.3, 0.4) is 0 Å². The van der Waals surface area contributed by atoms with Crippen LogP contribution in [0.1, 0.15) is 19.3 Å². The molecule has 128 valence electrons. The maximum atomic E-state index is 12.6. The quantitative estimate of drug-likeness (QED) is 0.817. The van der Waals surface area contributed by atoms with E-state index in [1.165, 1.54) is 19.4 Å². The summed E-state index contributed by atoms with van der Waals surface area (Å²) in [6.45, 7) is 4.99. The van der Waals surface area contributed by atoms with Crippen molar-refractivity contribution in [2.45, 2.75) is 30.2 Å². The van der Waals surface area contributed by atoms with Gasteiger partial charge in [-0.15, -0.1) is 0 Å². The Kier molecular flexibility index (Phi) is 5.24. The van der Waals surface area contributed by atoms with Crippen molar-refractivity contribution in [1.82, 2.24) is 9.80 Å². The zero-order chi connectivity index (χ0) is 16.3. The first-order valence-corrected chi connectivity index (χ1v) is 10.1. The van der Waals surface area contributed by atoms with E-state index in [1.54, 1.807) is 31.4 Å². The van der Waals surface area contributed by atoms with Crippen LogP contribution in [0.15, 0.2) is 29.2 Å². The third kappa shape index (κ3) is 4.05. The molecule has 2 fully saturated rings. The first-order valence-electron chi connectivity index (χ1n) is 8.42. The minimum absolute atomic E-state index is 0.173. The molecule has 2 aliphatic heterocycles. The molecule has 2 aliphatic rings. The van der Waals surface area contributed by atoms with E-state index < -0.39 is 9.84 Å². The number of methoxy groups -OCH3 is 1. The van der Waals surface area contributed by atoms with Gasteiger partial charge in [0.25, 0.3) is 0 Å². The van der Waals surface area contributed by atoms with Crippen LogP contribution in [-0.2, 0) is 9.84 Å². The van der Waals surface area contributed by atoms with E-state index in [4.69, 9.17) is 4.74 Å². The van der Waals surface area contributed by atoms with Gasteiger partial charge >= 0.3 is 0 Å². The van der Waals surface area contributed by atoms with Gasteiger partial charge in [-0.1, -0.05) is 6.07 Å². The summed E-state index contributed by atoms with van der Waals surface area (Å²) in [5, 5.41) is 0. The first kappa shape index (κ1) is 16.7. The summed E-state index contributed by atoms with van der Waals surface area (Å²) < 4.78 is 30.3. The Balaban J connectivity index is 1.62. The highest BCUT2D eigenvalue weighted by atomic mass is 32.2. The number of fused-ring (bicyclic) bond motifs is 1. The number of ether oxygens (including phenoxy) is 1. The van der Waals surface area contributed by atoms with E-state index in [1.807, 2.05) is 0 Å². The monoisotopic (exact) mass is 338 g/mol. The van der Waals surface area contributed by atoms with Crippen molar-refractivity contribution in [3.63, 3.8) is 0 Å². The number of sulfone groups is 1. The highest BCUT2D eigenvalue weighted by Crippen LogP contribution is 2.22. The highest BCUT2D eigenvalue weighted by molar-refractivity contribution is 7.91. The number of hydrogen-bond donors (Lipinski definition) is 0. The van der Waals surface area contributed by atoms with Crippen LogP contribution in [-0.4, -0.2) is 69.8 Å². The van der Waals surface area contributed by atoms with Gasteiger partial charge in [0.2, 0.25) is 0 Å². The highest BCUT2D eigenvalue weighted by Gasteiger charge is 2.29. The van der Waals surface area contributed by atoms with Gasteiger partial charge in [-0.05, 0) is 57.1 Å². The smallest absolute Gasteiger partial charge is 0.179 e. The molecule has 5 nitrogen and oxygen atoms in total. The van der Waals surface area contributed by atoms with Crippen molar-refractivity contribution in [1.29, 1.82) is 0 Å². The molecule has 0 aromatic heterocycles. The third-order valence-corrected chi connectivity index (χ3v) is 6.66. The Morgan fingerprint density at radius 1 is 1.22 bits per heavy atom. The molecular formula is C17H26N2O3S. The number of benzene rings is 1. The van der Waals surface area contributed by atoms with Gasteiger partial charge in [0.1, 0.15) is 5.75 Å². The van der Waals surface area contributed by atoms with E-state index in [2.05, 4.69) is 9.80 Å². The second-order valence-corrected chi connectivity index (χ2v) is 8.59. The SMILES string of the molecule is COc1cccc(S(=O)(=O)CCN2CCCN3CCC[C@@H]3C2)c1. The van der Waals surface area contributed by atoms with Crippen LogP contribution in [0.4, 0.5) is 0 Å². The molecule has 0 saturated carbocycles. The molecule has 2 heterocycles. The lowest BCUT2D eigenvalue weighted by molar-refractivity contribution is 0.226. The first-order chi connectivity index (χ1) is 11.1. The molecule has 0 bridgehead atoms. The molecule has 0 spiro atoms. The normalized spacial score (nSPS) is 23.4. The van der Waals surface area contributed by atoms with Gasteiger partial charge < -0.3 is 9.64 Å². The van der Waals surface area contributed by atoms with Crippen molar-refractivity contribution in [2.24, 2.45) is 0 Å². The van der Waals surface area contributed by atoms with E-state index >= 15 is 0 Å². The van der Waals surface area contributed by atoms with Gasteiger partial charge in [-0.25, -0.2) is 8.42 Å². The van der Waals surface area contributed by atoms with Crippen LogP contribution >= 0.6 is 0 Å². The van der Waals surface area contributed by atoms with E-state index in [9.17, 15) is 8.42 Å². The maximum Gasteiger partial charge on any atom is 0.179 e. The van der Waals surface area contributed by atoms with Crippen molar-refractivity contribution >= 4 is 9.84 Å². The topological polar surface area (TPSA) is 49.9 Å². The fourth-order valence-electron chi connectivity index (χ4n) is 3.65. The minimum atomic E-state index is -3.26. The van der Waals surface area contributed by atoms with Gasteiger partial charge in [0, 0.05) is 19.1 Å². The Hall–Kier alpha value is -1.11. The fraction of sp³-hybridized carbons (Fsp3) is 0.647. The van der Waals surface area contributed by atoms with Gasteiger partial charge in [0.05, 0.1) is 17.8 Å². The van der Waals surface area contributed by atoms with Gasteiger partial charge in [0.15, 0.2) is 9.84 Å². The standard InChI is InChI=1S/C17H26N2O3S/c1-22-16-6-2-7-17(13-16)23(20,21)12-11-18-8-4-10-19-9-3-5-15(19)14-18/h2,6-7,13,15H,3-5,8-12,14H2,1H3/t15-/m1/s1. The molecule has 3 rings (SSSR count). The van der Waals surface area contributed by atoms with Crippen LogP contribution < -0.4 is 4.74 Å². The van der Waals surface area contributed by atoms with E-state index in [-0.39, 0.29) is 5.75 Å². The molecule has 1 aromatic rings. The number of rotatable bonds is 5. The molecule has 6 heteroatoms.